The molecule has 96 valence electrons. The summed E-state index contributed by atoms with van der Waals surface area (Å²) in [7, 11) is 0. The molecule has 18 heavy (non-hydrogen) atoms. The van der Waals surface area contributed by atoms with Gasteiger partial charge in [-0.3, -0.25) is 9.59 Å². The Morgan fingerprint density at radius 3 is 2.28 bits per heavy atom. The fourth-order valence-corrected chi connectivity index (χ4v) is 2.50. The molecule has 2 unspecified atom stereocenters. The number of aliphatic hydroxyl groups excluding tert-OH is 1. The van der Waals surface area contributed by atoms with E-state index in [0.29, 0.717) is 0 Å². The summed E-state index contributed by atoms with van der Waals surface area (Å²) in [4.78, 5) is 25.0. The minimum Gasteiger partial charge on any atom is -0.390 e. The Bertz CT molecular complexity index is 490. The van der Waals surface area contributed by atoms with Crippen molar-refractivity contribution in [3.05, 3.63) is 29.3 Å². The van der Waals surface area contributed by atoms with Gasteiger partial charge in [0.05, 0.1) is 12.6 Å². The highest BCUT2D eigenvalue weighted by atomic mass is 16.3. The van der Waals surface area contributed by atoms with E-state index < -0.39 is 12.0 Å². The van der Waals surface area contributed by atoms with Gasteiger partial charge in [0, 0.05) is 5.69 Å². The molecule has 0 spiro atoms. The molecule has 0 radical (unpaired) electrons. The van der Waals surface area contributed by atoms with Gasteiger partial charge in [0.2, 0.25) is 5.91 Å². The van der Waals surface area contributed by atoms with Crippen molar-refractivity contribution in [2.75, 3.05) is 11.4 Å². The fourth-order valence-electron chi connectivity index (χ4n) is 2.50. The Hall–Kier alpha value is -1.68. The number of hydrogen-bond donors (Lipinski definition) is 1. The molecule has 1 N–H and O–H groups in total. The quantitative estimate of drug-likeness (QED) is 0.799. The van der Waals surface area contributed by atoms with Crippen molar-refractivity contribution in [3.63, 3.8) is 0 Å². The molecule has 1 aromatic rings. The third kappa shape index (κ3) is 2.16. The predicted molar refractivity (Wildman–Crippen MR) is 68.4 cm³/mol. The van der Waals surface area contributed by atoms with Crippen LogP contribution in [-0.2, 0) is 9.59 Å². The average Bonchev–Trinajstić information content (AvgIpc) is 2.52. The van der Waals surface area contributed by atoms with E-state index >= 15 is 0 Å². The third-order valence-corrected chi connectivity index (χ3v) is 3.24. The van der Waals surface area contributed by atoms with Crippen LogP contribution in [0, 0.1) is 19.8 Å². The monoisotopic (exact) mass is 247 g/mol. The highest BCUT2D eigenvalue weighted by Gasteiger charge is 2.42. The van der Waals surface area contributed by atoms with Crippen LogP contribution >= 0.6 is 0 Å². The second-order valence-electron chi connectivity index (χ2n) is 4.95. The van der Waals surface area contributed by atoms with Gasteiger partial charge in [0.25, 0.3) is 0 Å². The molecule has 2 atom stereocenters. The maximum Gasteiger partial charge on any atom is 0.240 e. The smallest absolute Gasteiger partial charge is 0.240 e. The van der Waals surface area contributed by atoms with Crippen molar-refractivity contribution in [3.8, 4) is 0 Å². The second-order valence-corrected chi connectivity index (χ2v) is 4.95. The summed E-state index contributed by atoms with van der Waals surface area (Å²) in [5.74, 6) is -1.50. The minimum absolute atomic E-state index is 0.186. The Kier molecular flexibility index (Phi) is 3.22. The number of nitrogens with zero attached hydrogens (tertiary/aromatic N) is 1. The first-order chi connectivity index (χ1) is 8.40. The normalized spacial score (nSPS) is 23.6. The van der Waals surface area contributed by atoms with E-state index in [1.54, 1.807) is 0 Å². The van der Waals surface area contributed by atoms with Crippen LogP contribution in [0.5, 0.6) is 0 Å². The summed E-state index contributed by atoms with van der Waals surface area (Å²) in [5, 5.41) is 9.82. The molecule has 0 bridgehead atoms. The van der Waals surface area contributed by atoms with Crippen molar-refractivity contribution in [2.24, 2.45) is 5.92 Å². The third-order valence-electron chi connectivity index (χ3n) is 3.24. The largest absolute Gasteiger partial charge is 0.390 e. The van der Waals surface area contributed by atoms with Crippen LogP contribution in [0.25, 0.3) is 0 Å². The minimum atomic E-state index is -0.911. The molecule has 2 rings (SSSR count). The second kappa shape index (κ2) is 4.53. The van der Waals surface area contributed by atoms with Gasteiger partial charge < -0.3 is 10.0 Å². The molecule has 1 aliphatic heterocycles. The van der Waals surface area contributed by atoms with E-state index in [1.165, 1.54) is 11.8 Å². The highest BCUT2D eigenvalue weighted by Crippen LogP contribution is 2.27. The van der Waals surface area contributed by atoms with Crippen LogP contribution in [-0.4, -0.2) is 29.4 Å². The topological polar surface area (TPSA) is 57.6 Å². The first kappa shape index (κ1) is 12.8. The Morgan fingerprint density at radius 1 is 1.28 bits per heavy atom. The number of aryl methyl sites for hydroxylation is 2. The zero-order valence-electron chi connectivity index (χ0n) is 10.8. The maximum absolute atomic E-state index is 12.1. The van der Waals surface area contributed by atoms with Crippen LogP contribution in [0.4, 0.5) is 5.69 Å². The molecule has 1 aliphatic rings. The van der Waals surface area contributed by atoms with Gasteiger partial charge in [-0.1, -0.05) is 6.07 Å². The first-order valence-electron chi connectivity index (χ1n) is 5.98. The number of benzene rings is 1. The van der Waals surface area contributed by atoms with Gasteiger partial charge in [-0.05, 0) is 44.0 Å². The molecular weight excluding hydrogens is 230 g/mol. The van der Waals surface area contributed by atoms with Gasteiger partial charge in [-0.25, -0.2) is 0 Å². The molecule has 1 amide bonds. The molecule has 1 aromatic carbocycles. The van der Waals surface area contributed by atoms with Crippen molar-refractivity contribution in [1.82, 2.24) is 0 Å². The van der Waals surface area contributed by atoms with Gasteiger partial charge in [-0.2, -0.15) is 0 Å². The molecule has 1 heterocycles. The number of aliphatic hydroxyl groups is 1. The molecule has 0 aromatic heterocycles. The lowest BCUT2D eigenvalue weighted by Crippen LogP contribution is -2.30. The lowest BCUT2D eigenvalue weighted by molar-refractivity contribution is -0.132. The predicted octanol–water partition coefficient (Wildman–Crippen LogP) is 1.22. The number of anilines is 1. The summed E-state index contributed by atoms with van der Waals surface area (Å²) in [6, 6.07) is 5.79. The lowest BCUT2D eigenvalue weighted by Gasteiger charge is -2.17. The number of carbonyl (C=O) groups excluding carboxylic acids is 2. The van der Waals surface area contributed by atoms with E-state index in [4.69, 9.17) is 0 Å². The number of hydrogen-bond acceptors (Lipinski definition) is 3. The number of ketones is 1. The number of β-amino-alcohol motifs (C(OH)–C–C–N with tert-alkyl or cyclic N) is 1. The molecule has 0 saturated carbocycles. The van der Waals surface area contributed by atoms with E-state index in [-0.39, 0.29) is 18.2 Å². The van der Waals surface area contributed by atoms with Crippen molar-refractivity contribution < 1.29 is 14.7 Å². The van der Waals surface area contributed by atoms with Crippen molar-refractivity contribution in [2.45, 2.75) is 26.9 Å². The number of carbonyl (C=O) groups is 2. The first-order valence-corrected chi connectivity index (χ1v) is 5.98. The summed E-state index contributed by atoms with van der Waals surface area (Å²) in [5.41, 5.74) is 2.86. The summed E-state index contributed by atoms with van der Waals surface area (Å²) < 4.78 is 0. The average molecular weight is 247 g/mol. The zero-order valence-corrected chi connectivity index (χ0v) is 10.8. The molecule has 4 nitrogen and oxygen atoms in total. The van der Waals surface area contributed by atoms with E-state index in [9.17, 15) is 14.7 Å². The van der Waals surface area contributed by atoms with Gasteiger partial charge in [0.1, 0.15) is 11.7 Å². The molecule has 1 saturated heterocycles. The van der Waals surface area contributed by atoms with Crippen molar-refractivity contribution in [1.29, 1.82) is 0 Å². The van der Waals surface area contributed by atoms with Crippen LogP contribution in [0.3, 0.4) is 0 Å². The van der Waals surface area contributed by atoms with Gasteiger partial charge in [0.15, 0.2) is 0 Å². The molecular formula is C14H17NO3. The van der Waals surface area contributed by atoms with Crippen LogP contribution in [0.1, 0.15) is 18.1 Å². The zero-order chi connectivity index (χ0) is 13.4. The summed E-state index contributed by atoms with van der Waals surface area (Å²) in [6.45, 7) is 5.44. The lowest BCUT2D eigenvalue weighted by atomic mass is 10.0. The van der Waals surface area contributed by atoms with Crippen LogP contribution < -0.4 is 4.90 Å². The Balaban J connectivity index is 2.35. The Labute approximate surface area is 106 Å². The molecule has 0 aliphatic carbocycles. The van der Waals surface area contributed by atoms with E-state index in [2.05, 4.69) is 0 Å². The van der Waals surface area contributed by atoms with Gasteiger partial charge in [-0.15, -0.1) is 0 Å². The van der Waals surface area contributed by atoms with Gasteiger partial charge >= 0.3 is 0 Å². The summed E-state index contributed by atoms with van der Waals surface area (Å²) in [6.07, 6.45) is -0.907. The van der Waals surface area contributed by atoms with E-state index in [1.807, 2.05) is 32.0 Å². The number of Topliss-reactive ketones (excluding diaryl/α,β-unsaturated/α-hetero) is 1. The SMILES string of the molecule is CC(=O)C1C(=O)N(c2cc(C)cc(C)c2)CC1O. The van der Waals surface area contributed by atoms with Crippen molar-refractivity contribution >= 4 is 17.4 Å². The van der Waals surface area contributed by atoms with Crippen LogP contribution in [0.15, 0.2) is 18.2 Å². The highest BCUT2D eigenvalue weighted by molar-refractivity contribution is 6.10. The summed E-state index contributed by atoms with van der Waals surface area (Å²) >= 11 is 0. The number of rotatable bonds is 2. The number of amides is 1. The Morgan fingerprint density at radius 2 is 1.83 bits per heavy atom. The fraction of sp³-hybridized carbons (Fsp3) is 0.429. The maximum atomic E-state index is 12.1. The molecule has 4 heteroatoms. The van der Waals surface area contributed by atoms with E-state index in [0.717, 1.165) is 16.8 Å². The molecule has 1 fully saturated rings. The van der Waals surface area contributed by atoms with Crippen LogP contribution in [0.2, 0.25) is 0 Å². The standard InChI is InChI=1S/C14H17NO3/c1-8-4-9(2)6-11(5-8)15-7-12(17)13(10(3)16)14(15)18/h4-6,12-13,17H,7H2,1-3H3.